The van der Waals surface area contributed by atoms with Gasteiger partial charge in [-0.25, -0.2) is 0 Å². The zero-order chi connectivity index (χ0) is 34.7. The second-order valence-electron chi connectivity index (χ2n) is 15.5. The minimum Gasteiger partial charge on any atom is -0.872 e. The van der Waals surface area contributed by atoms with E-state index in [-0.39, 0.29) is 96.4 Å². The van der Waals surface area contributed by atoms with Gasteiger partial charge in [0.2, 0.25) is 0 Å². The van der Waals surface area contributed by atoms with Crippen LogP contribution in [0.3, 0.4) is 0 Å². The summed E-state index contributed by atoms with van der Waals surface area (Å²) < 4.78 is 33.8. The van der Waals surface area contributed by atoms with Gasteiger partial charge >= 0.3 is 45.3 Å². The molecule has 0 fully saturated rings. The van der Waals surface area contributed by atoms with Crippen molar-refractivity contribution in [2.45, 2.75) is 131 Å². The molecule has 2 atom stereocenters. The fourth-order valence-corrected chi connectivity index (χ4v) is 7.02. The Morgan fingerprint density at radius 3 is 1.27 bits per heavy atom. The van der Waals surface area contributed by atoms with Crippen LogP contribution in [0.4, 0.5) is 0 Å². The van der Waals surface area contributed by atoms with Gasteiger partial charge in [-0.2, -0.15) is 0 Å². The first kappa shape index (κ1) is 44.6. The quantitative estimate of drug-likeness (QED) is 0.211. The number of hydrogen-bond acceptors (Lipinski definition) is 7. The van der Waals surface area contributed by atoms with Gasteiger partial charge in [-0.05, 0) is 68.9 Å². The van der Waals surface area contributed by atoms with Crippen LogP contribution < -0.4 is 10.00 Å². The molecular formula is C34H56CaO8P2. The van der Waals surface area contributed by atoms with Crippen molar-refractivity contribution in [2.75, 3.05) is 13.2 Å². The van der Waals surface area contributed by atoms with Crippen molar-refractivity contribution in [2.24, 2.45) is 0 Å². The average Bonchev–Trinajstić information content (AvgIpc) is 2.78. The molecule has 0 aliphatic heterocycles. The van der Waals surface area contributed by atoms with Gasteiger partial charge < -0.3 is 33.6 Å². The Labute approximate surface area is 302 Å². The Balaban J connectivity index is 0.000000842. The molecule has 0 heterocycles. The summed E-state index contributed by atoms with van der Waals surface area (Å²) in [6, 6.07) is 7.04. The molecular weight excluding hydrogens is 638 g/mol. The molecule has 0 amide bonds. The van der Waals surface area contributed by atoms with Gasteiger partial charge in [-0.15, -0.1) is 5.75 Å². The summed E-state index contributed by atoms with van der Waals surface area (Å²) in [6.07, 6.45) is -0.236. The summed E-state index contributed by atoms with van der Waals surface area (Å²) in [5.74, 6) is 0.272. The van der Waals surface area contributed by atoms with Crippen LogP contribution in [-0.4, -0.2) is 61.0 Å². The van der Waals surface area contributed by atoms with Crippen molar-refractivity contribution in [3.63, 3.8) is 0 Å². The number of rotatable bonds is 8. The van der Waals surface area contributed by atoms with E-state index >= 15 is 0 Å². The average molecular weight is 695 g/mol. The van der Waals surface area contributed by atoms with E-state index in [0.717, 1.165) is 11.1 Å². The summed E-state index contributed by atoms with van der Waals surface area (Å²) in [7, 11) is -7.58. The Bertz CT molecular complexity index is 1200. The van der Waals surface area contributed by atoms with E-state index in [1.165, 1.54) is 0 Å². The van der Waals surface area contributed by atoms with Crippen molar-refractivity contribution in [3.8, 4) is 11.5 Å². The Hall–Kier alpha value is -0.400. The molecule has 0 saturated heterocycles. The van der Waals surface area contributed by atoms with E-state index in [0.29, 0.717) is 22.3 Å². The SMILES string of the molecule is CCOP(=O)(O)Cc1cc(C(C)(C)C)c(O)c(C(C)(C)C)c1.CCOP(=O)([O-])Cc1cc(C(C)(C)C)c([O-])c(C(C)(C)C)c1.[Ca+2]. The number of phenolic OH excluding ortho intramolecular Hbond substituents is 1. The van der Waals surface area contributed by atoms with E-state index in [9.17, 15) is 29.1 Å². The topological polar surface area (TPSA) is 139 Å². The van der Waals surface area contributed by atoms with Crippen LogP contribution in [0.25, 0.3) is 0 Å². The minimum absolute atomic E-state index is 0. The molecule has 0 aliphatic carbocycles. The molecule has 8 nitrogen and oxygen atoms in total. The van der Waals surface area contributed by atoms with Gasteiger partial charge in [0.25, 0.3) is 0 Å². The predicted octanol–water partition coefficient (Wildman–Crippen LogP) is 7.77. The number of benzene rings is 2. The molecule has 2 unspecified atom stereocenters. The van der Waals surface area contributed by atoms with Crippen molar-refractivity contribution in [1.29, 1.82) is 0 Å². The smallest absolute Gasteiger partial charge is 0.872 e. The zero-order valence-electron chi connectivity index (χ0n) is 30.1. The van der Waals surface area contributed by atoms with Gasteiger partial charge in [0, 0.05) is 6.16 Å². The van der Waals surface area contributed by atoms with Gasteiger partial charge in [0.15, 0.2) is 0 Å². The van der Waals surface area contributed by atoms with E-state index in [1.807, 2.05) is 95.2 Å². The monoisotopic (exact) mass is 694 g/mol. The van der Waals surface area contributed by atoms with Crippen molar-refractivity contribution < 1.29 is 38.2 Å². The third kappa shape index (κ3) is 13.9. The third-order valence-corrected chi connectivity index (χ3v) is 9.80. The summed E-state index contributed by atoms with van der Waals surface area (Å²) in [6.45, 7) is 27.5. The van der Waals surface area contributed by atoms with Crippen LogP contribution in [0.2, 0.25) is 0 Å². The Morgan fingerprint density at radius 1 is 0.644 bits per heavy atom. The fourth-order valence-electron chi connectivity index (χ4n) is 4.77. The van der Waals surface area contributed by atoms with Crippen LogP contribution in [0.5, 0.6) is 11.5 Å². The fraction of sp³-hybridized carbons (Fsp3) is 0.647. The molecule has 2 N–H and O–H groups in total. The van der Waals surface area contributed by atoms with Crippen molar-refractivity contribution in [1.82, 2.24) is 0 Å². The molecule has 0 saturated carbocycles. The van der Waals surface area contributed by atoms with Gasteiger partial charge in [-0.1, -0.05) is 107 Å². The largest absolute Gasteiger partial charge is 2.00 e. The second kappa shape index (κ2) is 16.3. The van der Waals surface area contributed by atoms with Crippen LogP contribution in [0.1, 0.15) is 130 Å². The van der Waals surface area contributed by atoms with E-state index in [1.54, 1.807) is 26.0 Å². The van der Waals surface area contributed by atoms with Crippen LogP contribution in [-0.2, 0) is 52.2 Å². The van der Waals surface area contributed by atoms with Crippen LogP contribution in [0, 0.1) is 0 Å². The van der Waals surface area contributed by atoms with Crippen LogP contribution >= 0.6 is 15.2 Å². The predicted molar refractivity (Wildman–Crippen MR) is 183 cm³/mol. The van der Waals surface area contributed by atoms with E-state index in [2.05, 4.69) is 0 Å². The summed E-state index contributed by atoms with van der Waals surface area (Å²) in [5.41, 5.74) is 2.98. The molecule has 0 spiro atoms. The Kier molecular flexibility index (Phi) is 16.2. The van der Waals surface area contributed by atoms with Crippen molar-refractivity contribution >= 4 is 52.9 Å². The maximum atomic E-state index is 12.7. The zero-order valence-corrected chi connectivity index (χ0v) is 34.1. The second-order valence-corrected chi connectivity index (χ2v) is 19.1. The third-order valence-electron chi connectivity index (χ3n) is 6.97. The van der Waals surface area contributed by atoms with E-state index < -0.39 is 15.2 Å². The first-order valence-electron chi connectivity index (χ1n) is 15.2. The number of aromatic hydroxyl groups is 1. The molecule has 45 heavy (non-hydrogen) atoms. The molecule has 252 valence electrons. The molecule has 2 aromatic rings. The summed E-state index contributed by atoms with van der Waals surface area (Å²) in [4.78, 5) is 21.8. The number of phenols is 1. The normalized spacial score (nSPS) is 15.3. The maximum Gasteiger partial charge on any atom is 2.00 e. The first-order chi connectivity index (χ1) is 19.6. The molecule has 0 bridgehead atoms. The summed E-state index contributed by atoms with van der Waals surface area (Å²) in [5, 5.41) is 23.4. The molecule has 2 aromatic carbocycles. The summed E-state index contributed by atoms with van der Waals surface area (Å²) >= 11 is 0. The van der Waals surface area contributed by atoms with Crippen molar-refractivity contribution in [3.05, 3.63) is 57.6 Å². The van der Waals surface area contributed by atoms with Gasteiger partial charge in [0.1, 0.15) is 13.3 Å². The first-order valence-corrected chi connectivity index (χ1v) is 18.7. The van der Waals surface area contributed by atoms with Gasteiger partial charge in [-0.3, -0.25) is 4.57 Å². The maximum absolute atomic E-state index is 12.7. The molecule has 2 rings (SSSR count). The minimum atomic E-state index is -3.93. The van der Waals surface area contributed by atoms with Gasteiger partial charge in [0.05, 0.1) is 19.4 Å². The number of hydrogen-bond donors (Lipinski definition) is 2. The standard InChI is InChI=1S/2C17H29O4P.Ca/c2*1-8-21-22(19,20)11-12-9-13(16(2,3)4)15(18)14(10-12)17(5,6)7;/h2*9-10,18H,8,11H2,1-7H3,(H,19,20);/q;;+2/p-2. The molecule has 0 radical (unpaired) electrons. The molecule has 0 aromatic heterocycles. The molecule has 11 heteroatoms. The Morgan fingerprint density at radius 2 is 0.956 bits per heavy atom. The van der Waals surface area contributed by atoms with E-state index in [4.69, 9.17) is 9.05 Å². The van der Waals surface area contributed by atoms with Crippen LogP contribution in [0.15, 0.2) is 24.3 Å². The molecule has 0 aliphatic rings.